The number of nitrogens with one attached hydrogen (secondary N) is 1. The molecule has 0 saturated carbocycles. The number of hydrogen-bond donors (Lipinski definition) is 3. The van der Waals surface area contributed by atoms with E-state index in [9.17, 15) is 9.90 Å². The molecule has 104 valence electrons. The van der Waals surface area contributed by atoms with Crippen molar-refractivity contribution in [3.05, 3.63) is 35.4 Å². The zero-order valence-electron chi connectivity index (χ0n) is 10.8. The summed E-state index contributed by atoms with van der Waals surface area (Å²) in [7, 11) is 0. The van der Waals surface area contributed by atoms with Gasteiger partial charge in [-0.3, -0.25) is 0 Å². The van der Waals surface area contributed by atoms with E-state index in [0.29, 0.717) is 25.3 Å². The van der Waals surface area contributed by atoms with E-state index in [4.69, 9.17) is 9.84 Å². The van der Waals surface area contributed by atoms with Crippen LogP contribution in [0.15, 0.2) is 24.3 Å². The minimum absolute atomic E-state index is 0.0333. The van der Waals surface area contributed by atoms with Crippen LogP contribution in [-0.4, -0.2) is 41.5 Å². The Morgan fingerprint density at radius 1 is 1.32 bits per heavy atom. The van der Waals surface area contributed by atoms with E-state index in [-0.39, 0.29) is 12.1 Å². The number of hydrogen-bond acceptors (Lipinski definition) is 4. The van der Waals surface area contributed by atoms with Crippen molar-refractivity contribution in [2.45, 2.75) is 24.9 Å². The van der Waals surface area contributed by atoms with Gasteiger partial charge in [-0.05, 0) is 24.5 Å². The van der Waals surface area contributed by atoms with E-state index in [1.807, 2.05) is 6.07 Å². The number of carboxylic acids is 1. The molecule has 1 aliphatic rings. The lowest BCUT2D eigenvalue weighted by Crippen LogP contribution is -2.52. The monoisotopic (exact) mass is 265 g/mol. The summed E-state index contributed by atoms with van der Waals surface area (Å²) in [6, 6.07) is 6.91. The fraction of sp³-hybridized carbons (Fsp3) is 0.500. The second-order valence-corrected chi connectivity index (χ2v) is 4.87. The summed E-state index contributed by atoms with van der Waals surface area (Å²) in [5.74, 6) is -0.928. The molecule has 1 fully saturated rings. The summed E-state index contributed by atoms with van der Waals surface area (Å²) in [6.45, 7) is 1.71. The first kappa shape index (κ1) is 14.0. The highest BCUT2D eigenvalue weighted by molar-refractivity contribution is 5.89. The maximum Gasteiger partial charge on any atom is 0.336 e. The Morgan fingerprint density at radius 2 is 2.00 bits per heavy atom. The van der Waals surface area contributed by atoms with Crippen molar-refractivity contribution in [1.29, 1.82) is 0 Å². The molecule has 1 saturated heterocycles. The van der Waals surface area contributed by atoms with Gasteiger partial charge in [0.1, 0.15) is 0 Å². The molecule has 1 aliphatic heterocycles. The van der Waals surface area contributed by atoms with E-state index in [2.05, 4.69) is 5.32 Å². The summed E-state index contributed by atoms with van der Waals surface area (Å²) in [4.78, 5) is 11.1. The van der Waals surface area contributed by atoms with Crippen molar-refractivity contribution in [3.63, 3.8) is 0 Å². The highest BCUT2D eigenvalue weighted by Crippen LogP contribution is 2.21. The molecule has 0 aromatic heterocycles. The number of aliphatic hydroxyl groups excluding tert-OH is 1. The Morgan fingerprint density at radius 3 is 2.63 bits per heavy atom. The number of ether oxygens (including phenoxy) is 1. The fourth-order valence-electron chi connectivity index (χ4n) is 2.32. The van der Waals surface area contributed by atoms with E-state index in [1.54, 1.807) is 18.2 Å². The van der Waals surface area contributed by atoms with Crippen LogP contribution in [0.3, 0.4) is 0 Å². The van der Waals surface area contributed by atoms with Gasteiger partial charge in [0.15, 0.2) is 0 Å². The maximum atomic E-state index is 11.1. The van der Waals surface area contributed by atoms with Gasteiger partial charge < -0.3 is 20.3 Å². The summed E-state index contributed by atoms with van der Waals surface area (Å²) in [6.07, 6.45) is 1.47. The third-order valence-electron chi connectivity index (χ3n) is 3.65. The second kappa shape index (κ2) is 6.14. The van der Waals surface area contributed by atoms with Gasteiger partial charge in [-0.15, -0.1) is 0 Å². The van der Waals surface area contributed by atoms with Gasteiger partial charge >= 0.3 is 5.97 Å². The Kier molecular flexibility index (Phi) is 4.52. The summed E-state index contributed by atoms with van der Waals surface area (Å²) in [5, 5.41) is 22.0. The third-order valence-corrected chi connectivity index (χ3v) is 3.65. The number of benzene rings is 1. The van der Waals surface area contributed by atoms with Crippen LogP contribution in [-0.2, 0) is 11.3 Å². The molecule has 0 amide bonds. The Hall–Kier alpha value is -1.43. The van der Waals surface area contributed by atoms with Crippen LogP contribution in [0.25, 0.3) is 0 Å². The number of aromatic carboxylic acids is 1. The number of carboxylic acid groups (broad SMARTS) is 1. The molecule has 0 atom stereocenters. The largest absolute Gasteiger partial charge is 0.478 e. The van der Waals surface area contributed by atoms with Crippen molar-refractivity contribution in [1.82, 2.24) is 5.32 Å². The zero-order valence-corrected chi connectivity index (χ0v) is 10.8. The van der Waals surface area contributed by atoms with Gasteiger partial charge in [0.2, 0.25) is 0 Å². The van der Waals surface area contributed by atoms with E-state index in [0.717, 1.165) is 18.4 Å². The molecule has 5 nitrogen and oxygen atoms in total. The topological polar surface area (TPSA) is 78.8 Å². The molecule has 0 spiro atoms. The SMILES string of the molecule is O=C(O)c1ccccc1CNC1(CO)CCOCC1. The first-order valence-electron chi connectivity index (χ1n) is 6.42. The highest BCUT2D eigenvalue weighted by Gasteiger charge is 2.31. The number of aliphatic hydroxyl groups is 1. The molecule has 0 unspecified atom stereocenters. The first-order valence-corrected chi connectivity index (χ1v) is 6.42. The van der Waals surface area contributed by atoms with Crippen molar-refractivity contribution in [2.24, 2.45) is 0 Å². The summed E-state index contributed by atoms with van der Waals surface area (Å²) >= 11 is 0. The van der Waals surface area contributed by atoms with Crippen molar-refractivity contribution >= 4 is 5.97 Å². The molecule has 0 bridgehead atoms. The normalized spacial score (nSPS) is 18.2. The van der Waals surface area contributed by atoms with Crippen molar-refractivity contribution in [2.75, 3.05) is 19.8 Å². The Balaban J connectivity index is 2.07. The summed E-state index contributed by atoms with van der Waals surface area (Å²) in [5.41, 5.74) is 0.675. The molecular formula is C14H19NO4. The zero-order chi connectivity index (χ0) is 13.7. The van der Waals surface area contributed by atoms with Crippen LogP contribution in [0.2, 0.25) is 0 Å². The lowest BCUT2D eigenvalue weighted by atomic mass is 9.90. The fourth-order valence-corrected chi connectivity index (χ4v) is 2.32. The molecular weight excluding hydrogens is 246 g/mol. The predicted octanol–water partition coefficient (Wildman–Crippen LogP) is 1.02. The molecule has 5 heteroatoms. The van der Waals surface area contributed by atoms with Crippen LogP contribution in [0.1, 0.15) is 28.8 Å². The lowest BCUT2D eigenvalue weighted by molar-refractivity contribution is 0.0111. The highest BCUT2D eigenvalue weighted by atomic mass is 16.5. The molecule has 1 heterocycles. The Bertz CT molecular complexity index is 441. The van der Waals surface area contributed by atoms with Gasteiger partial charge in [0.05, 0.1) is 12.2 Å². The van der Waals surface area contributed by atoms with Crippen LogP contribution >= 0.6 is 0 Å². The molecule has 2 rings (SSSR count). The molecule has 0 aliphatic carbocycles. The second-order valence-electron chi connectivity index (χ2n) is 4.87. The number of rotatable bonds is 5. The quantitative estimate of drug-likeness (QED) is 0.740. The standard InChI is InChI=1S/C14H19NO4/c16-10-14(5-7-19-8-6-14)15-9-11-3-1-2-4-12(11)13(17)18/h1-4,15-16H,5-10H2,(H,17,18). The molecule has 3 N–H and O–H groups in total. The van der Waals surface area contributed by atoms with Gasteiger partial charge in [-0.25, -0.2) is 4.79 Å². The predicted molar refractivity (Wildman–Crippen MR) is 70.1 cm³/mol. The van der Waals surface area contributed by atoms with Gasteiger partial charge in [0, 0.05) is 25.3 Å². The number of carbonyl (C=O) groups is 1. The third kappa shape index (κ3) is 3.32. The average molecular weight is 265 g/mol. The summed E-state index contributed by atoms with van der Waals surface area (Å²) < 4.78 is 5.30. The van der Waals surface area contributed by atoms with Gasteiger partial charge in [0.25, 0.3) is 0 Å². The first-order chi connectivity index (χ1) is 9.17. The molecule has 1 aromatic rings. The average Bonchev–Trinajstić information content (AvgIpc) is 2.46. The van der Waals surface area contributed by atoms with Gasteiger partial charge in [-0.1, -0.05) is 18.2 Å². The van der Waals surface area contributed by atoms with Crippen molar-refractivity contribution < 1.29 is 19.7 Å². The lowest BCUT2D eigenvalue weighted by Gasteiger charge is -2.36. The van der Waals surface area contributed by atoms with E-state index < -0.39 is 5.97 Å². The minimum atomic E-state index is -0.928. The van der Waals surface area contributed by atoms with Crippen LogP contribution in [0.5, 0.6) is 0 Å². The molecule has 0 radical (unpaired) electrons. The Labute approximate surface area is 112 Å². The van der Waals surface area contributed by atoms with Crippen LogP contribution < -0.4 is 5.32 Å². The van der Waals surface area contributed by atoms with Crippen molar-refractivity contribution in [3.8, 4) is 0 Å². The van der Waals surface area contributed by atoms with Crippen LogP contribution in [0.4, 0.5) is 0 Å². The van der Waals surface area contributed by atoms with E-state index >= 15 is 0 Å². The smallest absolute Gasteiger partial charge is 0.336 e. The molecule has 19 heavy (non-hydrogen) atoms. The minimum Gasteiger partial charge on any atom is -0.478 e. The van der Waals surface area contributed by atoms with E-state index in [1.165, 1.54) is 0 Å². The van der Waals surface area contributed by atoms with Gasteiger partial charge in [-0.2, -0.15) is 0 Å². The molecule has 1 aromatic carbocycles. The van der Waals surface area contributed by atoms with Crippen LogP contribution in [0, 0.1) is 0 Å². The maximum absolute atomic E-state index is 11.1.